The molecule has 0 radical (unpaired) electrons. The van der Waals surface area contributed by atoms with E-state index in [9.17, 15) is 9.18 Å². The molecule has 0 bridgehead atoms. The Morgan fingerprint density at radius 2 is 2.11 bits per heavy atom. The van der Waals surface area contributed by atoms with Gasteiger partial charge in [-0.2, -0.15) is 0 Å². The molecule has 2 rings (SSSR count). The summed E-state index contributed by atoms with van der Waals surface area (Å²) in [7, 11) is 3.39. The Morgan fingerprint density at radius 1 is 1.36 bits per heavy atom. The first kappa shape index (κ1) is 24.5. The number of rotatable bonds is 8. The summed E-state index contributed by atoms with van der Waals surface area (Å²) in [5.74, 6) is 0.0105. The average Bonchev–Trinajstić information content (AvgIpc) is 2.68. The van der Waals surface area contributed by atoms with Crippen molar-refractivity contribution in [2.45, 2.75) is 13.0 Å². The molecule has 158 valence electrons. The van der Waals surface area contributed by atoms with Gasteiger partial charge in [-0.15, -0.1) is 24.0 Å². The van der Waals surface area contributed by atoms with E-state index < -0.39 is 5.82 Å². The molecule has 1 amide bonds. The molecule has 28 heavy (non-hydrogen) atoms. The van der Waals surface area contributed by atoms with E-state index >= 15 is 0 Å². The largest absolute Gasteiger partial charge is 0.379 e. The first-order chi connectivity index (χ1) is 13.1. The Kier molecular flexibility index (Phi) is 11.9. The molecule has 0 unspecified atom stereocenters. The maximum absolute atomic E-state index is 13.7. The van der Waals surface area contributed by atoms with Gasteiger partial charge in [0.2, 0.25) is 5.91 Å². The van der Waals surface area contributed by atoms with Gasteiger partial charge in [-0.3, -0.25) is 14.7 Å². The van der Waals surface area contributed by atoms with Crippen LogP contribution in [0.4, 0.5) is 4.39 Å². The Balaban J connectivity index is 0.00000392. The van der Waals surface area contributed by atoms with Crippen molar-refractivity contribution in [3.63, 3.8) is 0 Å². The lowest BCUT2D eigenvalue weighted by Crippen LogP contribution is -2.44. The smallest absolute Gasteiger partial charge is 0.241 e. The summed E-state index contributed by atoms with van der Waals surface area (Å²) in [5.41, 5.74) is 0.269. The lowest BCUT2D eigenvalue weighted by Gasteiger charge is -2.26. The van der Waals surface area contributed by atoms with Crippen LogP contribution in [0.2, 0.25) is 0 Å². The molecule has 1 aliphatic rings. The quantitative estimate of drug-likeness (QED) is 0.233. The van der Waals surface area contributed by atoms with Crippen LogP contribution in [0.15, 0.2) is 23.3 Å². The van der Waals surface area contributed by atoms with Gasteiger partial charge in [0.15, 0.2) is 5.96 Å². The third-order valence-corrected chi connectivity index (χ3v) is 4.17. The molecule has 0 aliphatic carbocycles. The Labute approximate surface area is 182 Å². The van der Waals surface area contributed by atoms with E-state index in [1.807, 2.05) is 0 Å². The highest BCUT2D eigenvalue weighted by Gasteiger charge is 2.10. The van der Waals surface area contributed by atoms with Gasteiger partial charge >= 0.3 is 0 Å². The predicted molar refractivity (Wildman–Crippen MR) is 117 cm³/mol. The topological polar surface area (TPSA) is 82.1 Å². The van der Waals surface area contributed by atoms with Crippen LogP contribution in [0.1, 0.15) is 12.1 Å². The number of pyridine rings is 1. The number of likely N-dealkylation sites (N-methyl/N-ethyl adjacent to an activating group) is 1. The van der Waals surface area contributed by atoms with Crippen LogP contribution in [0.5, 0.6) is 0 Å². The van der Waals surface area contributed by atoms with Crippen molar-refractivity contribution in [2.24, 2.45) is 4.99 Å². The molecule has 0 saturated carbocycles. The van der Waals surface area contributed by atoms with Gasteiger partial charge < -0.3 is 20.3 Å². The molecule has 2 heterocycles. The van der Waals surface area contributed by atoms with Crippen LogP contribution >= 0.6 is 24.0 Å². The summed E-state index contributed by atoms with van der Waals surface area (Å²) < 4.78 is 19.1. The van der Waals surface area contributed by atoms with Gasteiger partial charge in [0.25, 0.3) is 0 Å². The standard InChI is InChI=1S/C18H29FN6O2.HI/c1-24(2)17(26)14-23-18(22-13-16-15(19)5-3-6-20-16)21-7-4-8-25-9-11-27-12-10-25;/h3,5-6H,4,7-14H2,1-2H3,(H2,21,22,23);1H. The van der Waals surface area contributed by atoms with E-state index in [-0.39, 0.29) is 48.7 Å². The fourth-order valence-electron chi connectivity index (χ4n) is 2.51. The van der Waals surface area contributed by atoms with Crippen LogP contribution in [-0.2, 0) is 16.1 Å². The molecular formula is C18H30FIN6O2. The molecule has 0 aromatic carbocycles. The third-order valence-electron chi connectivity index (χ3n) is 4.17. The maximum Gasteiger partial charge on any atom is 0.241 e. The van der Waals surface area contributed by atoms with Crippen molar-refractivity contribution in [2.75, 3.05) is 60.0 Å². The number of halogens is 2. The summed E-state index contributed by atoms with van der Waals surface area (Å²) in [5, 5.41) is 6.20. The van der Waals surface area contributed by atoms with Crippen molar-refractivity contribution in [1.82, 2.24) is 25.4 Å². The van der Waals surface area contributed by atoms with Gasteiger partial charge in [-0.05, 0) is 25.1 Å². The van der Waals surface area contributed by atoms with E-state index in [1.165, 1.54) is 17.2 Å². The molecule has 1 aromatic heterocycles. The van der Waals surface area contributed by atoms with Crippen molar-refractivity contribution < 1.29 is 13.9 Å². The number of amides is 1. The fourth-order valence-corrected chi connectivity index (χ4v) is 2.51. The highest BCUT2D eigenvalue weighted by atomic mass is 127. The number of morpholine rings is 1. The Bertz CT molecular complexity index is 626. The van der Waals surface area contributed by atoms with E-state index in [0.29, 0.717) is 12.5 Å². The predicted octanol–water partition coefficient (Wildman–Crippen LogP) is 0.684. The third kappa shape index (κ3) is 9.11. The number of nitrogens with one attached hydrogen (secondary N) is 2. The second-order valence-electron chi connectivity index (χ2n) is 6.47. The lowest BCUT2D eigenvalue weighted by molar-refractivity contribution is -0.127. The van der Waals surface area contributed by atoms with Gasteiger partial charge in [0.05, 0.1) is 32.0 Å². The lowest BCUT2D eigenvalue weighted by atomic mass is 10.3. The molecule has 1 aliphatic heterocycles. The van der Waals surface area contributed by atoms with Crippen molar-refractivity contribution in [3.8, 4) is 0 Å². The minimum Gasteiger partial charge on any atom is -0.379 e. The van der Waals surface area contributed by atoms with Gasteiger partial charge in [-0.1, -0.05) is 0 Å². The number of carbonyl (C=O) groups is 1. The van der Waals surface area contributed by atoms with E-state index in [2.05, 4.69) is 25.5 Å². The SMILES string of the molecule is CN(C)C(=O)CNC(=NCc1ncccc1F)NCCCN1CCOCC1.I. The number of hydrogen-bond donors (Lipinski definition) is 2. The van der Waals surface area contributed by atoms with Crippen molar-refractivity contribution in [1.29, 1.82) is 0 Å². The van der Waals surface area contributed by atoms with E-state index in [0.717, 1.165) is 39.3 Å². The van der Waals surface area contributed by atoms with Crippen molar-refractivity contribution >= 4 is 35.8 Å². The van der Waals surface area contributed by atoms with Gasteiger partial charge in [0.1, 0.15) is 5.82 Å². The second kappa shape index (κ2) is 13.6. The van der Waals surface area contributed by atoms with E-state index in [4.69, 9.17) is 4.74 Å². The van der Waals surface area contributed by atoms with Crippen LogP contribution in [0, 0.1) is 5.82 Å². The van der Waals surface area contributed by atoms with E-state index in [1.54, 1.807) is 20.2 Å². The second-order valence-corrected chi connectivity index (χ2v) is 6.47. The summed E-state index contributed by atoms with van der Waals surface area (Å²) in [4.78, 5) is 24.0. The first-order valence-electron chi connectivity index (χ1n) is 9.18. The number of carbonyl (C=O) groups excluding carboxylic acids is 1. The van der Waals surface area contributed by atoms with Crippen LogP contribution in [0.3, 0.4) is 0 Å². The van der Waals surface area contributed by atoms with Crippen LogP contribution in [-0.4, -0.2) is 86.7 Å². The first-order valence-corrected chi connectivity index (χ1v) is 9.18. The van der Waals surface area contributed by atoms with Crippen LogP contribution < -0.4 is 10.6 Å². The summed E-state index contributed by atoms with van der Waals surface area (Å²) in [6.07, 6.45) is 2.46. The number of hydrogen-bond acceptors (Lipinski definition) is 5. The number of aromatic nitrogens is 1. The number of nitrogens with zero attached hydrogens (tertiary/aromatic N) is 4. The van der Waals surface area contributed by atoms with Gasteiger partial charge in [-0.25, -0.2) is 9.38 Å². The maximum atomic E-state index is 13.7. The molecule has 1 aromatic rings. The molecule has 2 N–H and O–H groups in total. The summed E-state index contributed by atoms with van der Waals surface area (Å²) in [6.45, 7) is 5.35. The molecule has 0 spiro atoms. The summed E-state index contributed by atoms with van der Waals surface area (Å²) in [6, 6.07) is 2.90. The highest BCUT2D eigenvalue weighted by molar-refractivity contribution is 14.0. The monoisotopic (exact) mass is 508 g/mol. The molecular weight excluding hydrogens is 478 g/mol. The normalized spacial score (nSPS) is 14.9. The molecule has 0 atom stereocenters. The Morgan fingerprint density at radius 3 is 2.79 bits per heavy atom. The molecule has 8 nitrogen and oxygen atoms in total. The highest BCUT2D eigenvalue weighted by Crippen LogP contribution is 2.03. The zero-order valence-electron chi connectivity index (χ0n) is 16.5. The van der Waals surface area contributed by atoms with Crippen molar-refractivity contribution in [3.05, 3.63) is 29.8 Å². The number of ether oxygens (including phenoxy) is 1. The molecule has 10 heteroatoms. The average molecular weight is 508 g/mol. The molecule has 1 fully saturated rings. The van der Waals surface area contributed by atoms with Crippen LogP contribution in [0.25, 0.3) is 0 Å². The zero-order valence-corrected chi connectivity index (χ0v) is 18.8. The Hall–Kier alpha value is -1.53. The van der Waals surface area contributed by atoms with Gasteiger partial charge in [0, 0.05) is 39.9 Å². The fraction of sp³-hybridized carbons (Fsp3) is 0.611. The number of aliphatic imine (C=N–C) groups is 1. The molecule has 1 saturated heterocycles. The zero-order chi connectivity index (χ0) is 19.5. The minimum absolute atomic E-state index is 0. The summed E-state index contributed by atoms with van der Waals surface area (Å²) >= 11 is 0. The minimum atomic E-state index is -0.391. The number of guanidine groups is 1.